The minimum Gasteiger partial charge on any atom is -0.339 e. The van der Waals surface area contributed by atoms with Gasteiger partial charge >= 0.3 is 0 Å². The van der Waals surface area contributed by atoms with Crippen molar-refractivity contribution in [2.45, 2.75) is 18.9 Å². The van der Waals surface area contributed by atoms with Gasteiger partial charge in [-0.1, -0.05) is 5.16 Å². The van der Waals surface area contributed by atoms with Crippen LogP contribution in [0.15, 0.2) is 47.2 Å². The maximum absolute atomic E-state index is 13.3. The Bertz CT molecular complexity index is 925. The first-order chi connectivity index (χ1) is 12.6. The Morgan fingerprint density at radius 2 is 1.88 bits per heavy atom. The van der Waals surface area contributed by atoms with E-state index in [9.17, 15) is 13.6 Å². The largest absolute Gasteiger partial charge is 0.339 e. The maximum atomic E-state index is 13.3. The number of carbonyl (C=O) groups excluding carboxylic acids is 1. The zero-order valence-electron chi connectivity index (χ0n) is 13.6. The van der Waals surface area contributed by atoms with E-state index in [1.807, 2.05) is 0 Å². The van der Waals surface area contributed by atoms with Crippen LogP contribution >= 0.6 is 0 Å². The Labute approximate surface area is 147 Å². The number of hydrogen-bond acceptors (Lipinski definition) is 5. The van der Waals surface area contributed by atoms with Crippen molar-refractivity contribution in [1.29, 1.82) is 0 Å². The van der Waals surface area contributed by atoms with Crippen molar-refractivity contribution in [3.05, 3.63) is 65.8 Å². The Morgan fingerprint density at radius 3 is 2.62 bits per heavy atom. The molecule has 1 aliphatic rings. The monoisotopic (exact) mass is 356 g/mol. The predicted molar refractivity (Wildman–Crippen MR) is 86.7 cm³/mol. The molecule has 1 aliphatic heterocycles. The van der Waals surface area contributed by atoms with Gasteiger partial charge in [0.15, 0.2) is 0 Å². The van der Waals surface area contributed by atoms with E-state index in [0.717, 1.165) is 11.6 Å². The van der Waals surface area contributed by atoms with Gasteiger partial charge in [0.2, 0.25) is 17.6 Å². The molecule has 0 saturated carbocycles. The van der Waals surface area contributed by atoms with Gasteiger partial charge < -0.3 is 9.42 Å². The number of likely N-dealkylation sites (tertiary alicyclic amines) is 1. The fraction of sp³-hybridized carbons (Fsp3) is 0.222. The minimum absolute atomic E-state index is 0.122. The molecule has 26 heavy (non-hydrogen) atoms. The SMILES string of the molecule is O=C1CC(c2nc(-c3ccncc3)no2)CN1Cc1cc(F)cc(F)c1. The van der Waals surface area contributed by atoms with E-state index >= 15 is 0 Å². The highest BCUT2D eigenvalue weighted by Gasteiger charge is 2.34. The summed E-state index contributed by atoms with van der Waals surface area (Å²) >= 11 is 0. The Kier molecular flexibility index (Phi) is 4.16. The summed E-state index contributed by atoms with van der Waals surface area (Å²) in [6.07, 6.45) is 3.48. The Morgan fingerprint density at radius 1 is 1.15 bits per heavy atom. The summed E-state index contributed by atoms with van der Waals surface area (Å²) in [5.41, 5.74) is 1.17. The lowest BCUT2D eigenvalue weighted by molar-refractivity contribution is -0.128. The second-order valence-electron chi connectivity index (χ2n) is 6.15. The molecule has 6 nitrogen and oxygen atoms in total. The smallest absolute Gasteiger partial charge is 0.232 e. The molecule has 1 amide bonds. The standard InChI is InChI=1S/C18H14F2N4O2/c19-14-5-11(6-15(20)8-14)9-24-10-13(7-16(24)25)18-22-17(23-26-18)12-1-3-21-4-2-12/h1-6,8,13H,7,9-10H2. The number of nitrogens with zero attached hydrogens (tertiary/aromatic N) is 4. The summed E-state index contributed by atoms with van der Waals surface area (Å²) in [5, 5.41) is 3.95. The van der Waals surface area contributed by atoms with E-state index < -0.39 is 11.6 Å². The van der Waals surface area contributed by atoms with Crippen LogP contribution in [0.5, 0.6) is 0 Å². The molecule has 0 spiro atoms. The molecular formula is C18H14F2N4O2. The van der Waals surface area contributed by atoms with Crippen molar-refractivity contribution in [3.63, 3.8) is 0 Å². The predicted octanol–water partition coefficient (Wildman–Crippen LogP) is 2.93. The summed E-state index contributed by atoms with van der Waals surface area (Å²) in [4.78, 5) is 22.1. The van der Waals surface area contributed by atoms with Crippen LogP contribution in [0.2, 0.25) is 0 Å². The summed E-state index contributed by atoms with van der Waals surface area (Å²) < 4.78 is 32.0. The molecule has 1 atom stereocenters. The fourth-order valence-electron chi connectivity index (χ4n) is 3.03. The van der Waals surface area contributed by atoms with Crippen molar-refractivity contribution in [2.24, 2.45) is 0 Å². The van der Waals surface area contributed by atoms with Gasteiger partial charge in [-0.3, -0.25) is 9.78 Å². The lowest BCUT2D eigenvalue weighted by Gasteiger charge is -2.16. The van der Waals surface area contributed by atoms with E-state index in [4.69, 9.17) is 4.52 Å². The second-order valence-corrected chi connectivity index (χ2v) is 6.15. The number of pyridine rings is 1. The minimum atomic E-state index is -0.665. The number of hydrogen-bond donors (Lipinski definition) is 0. The molecule has 0 aliphatic carbocycles. The van der Waals surface area contributed by atoms with Crippen molar-refractivity contribution in [1.82, 2.24) is 20.0 Å². The number of rotatable bonds is 4. The Balaban J connectivity index is 1.49. The summed E-state index contributed by atoms with van der Waals surface area (Å²) in [6, 6.07) is 6.77. The van der Waals surface area contributed by atoms with Gasteiger partial charge in [-0.15, -0.1) is 0 Å². The maximum Gasteiger partial charge on any atom is 0.232 e. The molecule has 1 aromatic carbocycles. The highest BCUT2D eigenvalue weighted by Crippen LogP contribution is 2.29. The van der Waals surface area contributed by atoms with Crippen LogP contribution in [-0.4, -0.2) is 32.5 Å². The van der Waals surface area contributed by atoms with Crippen molar-refractivity contribution < 1.29 is 18.1 Å². The first-order valence-electron chi connectivity index (χ1n) is 8.05. The first-order valence-corrected chi connectivity index (χ1v) is 8.05. The molecule has 4 rings (SSSR count). The molecule has 2 aromatic heterocycles. The normalized spacial score (nSPS) is 17.1. The van der Waals surface area contributed by atoms with Crippen molar-refractivity contribution >= 4 is 5.91 Å². The second kappa shape index (κ2) is 6.62. The van der Waals surface area contributed by atoms with Gasteiger partial charge in [0.05, 0.1) is 5.92 Å². The molecule has 1 saturated heterocycles. The molecular weight excluding hydrogens is 342 g/mol. The molecule has 0 radical (unpaired) electrons. The molecule has 0 bridgehead atoms. The third-order valence-corrected chi connectivity index (χ3v) is 4.24. The molecule has 1 unspecified atom stereocenters. The number of carbonyl (C=O) groups is 1. The van der Waals surface area contributed by atoms with Crippen LogP contribution in [0, 0.1) is 11.6 Å². The lowest BCUT2D eigenvalue weighted by atomic mass is 10.1. The topological polar surface area (TPSA) is 72.1 Å². The number of benzene rings is 1. The van der Waals surface area contributed by atoms with Crippen LogP contribution in [0.1, 0.15) is 23.8 Å². The average Bonchev–Trinajstić information content (AvgIpc) is 3.22. The van der Waals surface area contributed by atoms with Gasteiger partial charge in [0, 0.05) is 43.5 Å². The molecule has 0 N–H and O–H groups in total. The fourth-order valence-corrected chi connectivity index (χ4v) is 3.03. The number of halogens is 2. The Hall–Kier alpha value is -3.16. The lowest BCUT2D eigenvalue weighted by Crippen LogP contribution is -2.24. The van der Waals surface area contributed by atoms with Crippen LogP contribution in [0.25, 0.3) is 11.4 Å². The van der Waals surface area contributed by atoms with Gasteiger partial charge in [-0.25, -0.2) is 8.78 Å². The third kappa shape index (κ3) is 3.30. The summed E-state index contributed by atoms with van der Waals surface area (Å²) in [6.45, 7) is 0.490. The van der Waals surface area contributed by atoms with E-state index in [1.165, 1.54) is 17.0 Å². The summed E-state index contributed by atoms with van der Waals surface area (Å²) in [7, 11) is 0. The summed E-state index contributed by atoms with van der Waals surface area (Å²) in [5.74, 6) is -0.893. The first kappa shape index (κ1) is 16.3. The molecule has 3 aromatic rings. The third-order valence-electron chi connectivity index (χ3n) is 4.24. The van der Waals surface area contributed by atoms with Gasteiger partial charge in [0.1, 0.15) is 11.6 Å². The highest BCUT2D eigenvalue weighted by atomic mass is 19.1. The molecule has 3 heterocycles. The van der Waals surface area contributed by atoms with Crippen molar-refractivity contribution in [3.8, 4) is 11.4 Å². The van der Waals surface area contributed by atoms with E-state index in [0.29, 0.717) is 23.8 Å². The van der Waals surface area contributed by atoms with Crippen LogP contribution in [-0.2, 0) is 11.3 Å². The zero-order chi connectivity index (χ0) is 18.1. The zero-order valence-corrected chi connectivity index (χ0v) is 13.6. The molecule has 1 fully saturated rings. The molecule has 132 valence electrons. The van der Waals surface area contributed by atoms with Crippen LogP contribution in [0.4, 0.5) is 8.78 Å². The van der Waals surface area contributed by atoms with Gasteiger partial charge in [-0.05, 0) is 29.8 Å². The van der Waals surface area contributed by atoms with E-state index in [1.54, 1.807) is 24.5 Å². The van der Waals surface area contributed by atoms with Crippen LogP contribution in [0.3, 0.4) is 0 Å². The van der Waals surface area contributed by atoms with Gasteiger partial charge in [0.25, 0.3) is 0 Å². The van der Waals surface area contributed by atoms with E-state index in [-0.39, 0.29) is 24.8 Å². The van der Waals surface area contributed by atoms with E-state index in [2.05, 4.69) is 15.1 Å². The van der Waals surface area contributed by atoms with Gasteiger partial charge in [-0.2, -0.15) is 4.98 Å². The average molecular weight is 356 g/mol. The number of aromatic nitrogens is 3. The molecule has 8 heteroatoms. The quantitative estimate of drug-likeness (QED) is 0.719. The highest BCUT2D eigenvalue weighted by molar-refractivity contribution is 5.79. The number of amides is 1. The van der Waals surface area contributed by atoms with Crippen molar-refractivity contribution in [2.75, 3.05) is 6.54 Å². The van der Waals surface area contributed by atoms with Crippen LogP contribution < -0.4 is 0 Å².